The van der Waals surface area contributed by atoms with Gasteiger partial charge in [-0.25, -0.2) is 0 Å². The largest absolute Gasteiger partial charge is 0.486 e. The Kier molecular flexibility index (Phi) is 3.03. The molecular weight excluding hydrogens is 178 g/mol. The minimum absolute atomic E-state index is 0.328. The monoisotopic (exact) mass is 195 g/mol. The van der Waals surface area contributed by atoms with Crippen LogP contribution in [0.15, 0.2) is 12.4 Å². The molecule has 1 saturated heterocycles. The van der Waals surface area contributed by atoms with Crippen LogP contribution in [0.1, 0.15) is 19.8 Å². The Morgan fingerprint density at radius 3 is 3.36 bits per heavy atom. The van der Waals surface area contributed by atoms with E-state index < -0.39 is 0 Å². The molecule has 1 aromatic rings. The molecule has 0 bridgehead atoms. The summed E-state index contributed by atoms with van der Waals surface area (Å²) in [4.78, 5) is 0. The lowest BCUT2D eigenvalue weighted by atomic mass is 10.3. The van der Waals surface area contributed by atoms with Gasteiger partial charge in [-0.15, -0.1) is 0 Å². The number of nitrogens with one attached hydrogen (secondary N) is 1. The predicted octanol–water partition coefficient (Wildman–Crippen LogP) is 1.03. The molecule has 1 N–H and O–H groups in total. The smallest absolute Gasteiger partial charge is 0.157 e. The van der Waals surface area contributed by atoms with Gasteiger partial charge >= 0.3 is 0 Å². The van der Waals surface area contributed by atoms with E-state index in [1.54, 1.807) is 6.20 Å². The maximum atomic E-state index is 5.76. The highest BCUT2D eigenvalue weighted by Crippen LogP contribution is 2.13. The molecule has 2 heterocycles. The van der Waals surface area contributed by atoms with Crippen molar-refractivity contribution >= 4 is 0 Å². The van der Waals surface area contributed by atoms with Crippen LogP contribution in [-0.4, -0.2) is 29.0 Å². The van der Waals surface area contributed by atoms with Crippen molar-refractivity contribution in [2.75, 3.05) is 13.1 Å². The van der Waals surface area contributed by atoms with E-state index in [-0.39, 0.29) is 0 Å². The average Bonchev–Trinajstić information content (AvgIpc) is 2.79. The molecule has 1 aliphatic rings. The molecule has 0 unspecified atom stereocenters. The van der Waals surface area contributed by atoms with E-state index in [1.165, 1.54) is 0 Å². The highest BCUT2D eigenvalue weighted by molar-refractivity contribution is 5.12. The summed E-state index contributed by atoms with van der Waals surface area (Å²) in [6, 6.07) is 0. The first-order valence-corrected chi connectivity index (χ1v) is 5.28. The fourth-order valence-corrected chi connectivity index (χ4v) is 1.68. The summed E-state index contributed by atoms with van der Waals surface area (Å²) in [5.74, 6) is 0.896. The van der Waals surface area contributed by atoms with Crippen LogP contribution in [0.4, 0.5) is 0 Å². The number of aromatic nitrogens is 2. The van der Waals surface area contributed by atoms with Gasteiger partial charge in [-0.3, -0.25) is 4.68 Å². The number of hydrogen-bond acceptors (Lipinski definition) is 3. The normalized spacial score (nSPS) is 21.4. The third-order valence-electron chi connectivity index (χ3n) is 2.38. The summed E-state index contributed by atoms with van der Waals surface area (Å²) in [5, 5.41) is 7.49. The summed E-state index contributed by atoms with van der Waals surface area (Å²) in [5.41, 5.74) is 0. The Morgan fingerprint density at radius 1 is 1.71 bits per heavy atom. The highest BCUT2D eigenvalue weighted by atomic mass is 16.5. The molecule has 1 aromatic heterocycles. The van der Waals surface area contributed by atoms with Crippen LogP contribution in [-0.2, 0) is 6.54 Å². The first-order chi connectivity index (χ1) is 6.88. The number of nitrogens with zero attached hydrogens (tertiary/aromatic N) is 2. The van der Waals surface area contributed by atoms with Crippen LogP contribution in [0.25, 0.3) is 0 Å². The second-order valence-electron chi connectivity index (χ2n) is 3.67. The lowest BCUT2D eigenvalue weighted by Crippen LogP contribution is -2.19. The summed E-state index contributed by atoms with van der Waals surface area (Å²) in [7, 11) is 0. The Labute approximate surface area is 84.3 Å². The third kappa shape index (κ3) is 2.26. The summed E-state index contributed by atoms with van der Waals surface area (Å²) in [6.45, 7) is 5.13. The molecule has 14 heavy (non-hydrogen) atoms. The third-order valence-corrected chi connectivity index (χ3v) is 2.38. The Morgan fingerprint density at radius 2 is 2.64 bits per heavy atom. The van der Waals surface area contributed by atoms with E-state index in [0.29, 0.717) is 6.10 Å². The Balaban J connectivity index is 1.88. The van der Waals surface area contributed by atoms with E-state index in [9.17, 15) is 0 Å². The maximum absolute atomic E-state index is 5.76. The van der Waals surface area contributed by atoms with Crippen molar-refractivity contribution in [3.63, 3.8) is 0 Å². The lowest BCUT2D eigenvalue weighted by molar-refractivity contribution is 0.223. The zero-order valence-corrected chi connectivity index (χ0v) is 8.57. The van der Waals surface area contributed by atoms with Gasteiger partial charge in [-0.05, 0) is 19.4 Å². The lowest BCUT2D eigenvalue weighted by Gasteiger charge is -2.09. The summed E-state index contributed by atoms with van der Waals surface area (Å²) >= 11 is 0. The van der Waals surface area contributed by atoms with Crippen molar-refractivity contribution in [3.8, 4) is 5.75 Å². The Bertz CT molecular complexity index is 279. The molecule has 0 aliphatic carbocycles. The van der Waals surface area contributed by atoms with E-state index in [4.69, 9.17) is 4.74 Å². The maximum Gasteiger partial charge on any atom is 0.157 e. The van der Waals surface area contributed by atoms with Crippen LogP contribution in [0.3, 0.4) is 0 Å². The van der Waals surface area contributed by atoms with Gasteiger partial charge in [-0.1, -0.05) is 6.92 Å². The molecule has 0 saturated carbocycles. The van der Waals surface area contributed by atoms with Gasteiger partial charge in [0.2, 0.25) is 0 Å². The zero-order valence-electron chi connectivity index (χ0n) is 8.57. The Hall–Kier alpha value is -1.03. The van der Waals surface area contributed by atoms with E-state index in [2.05, 4.69) is 17.3 Å². The molecule has 1 fully saturated rings. The van der Waals surface area contributed by atoms with E-state index >= 15 is 0 Å². The van der Waals surface area contributed by atoms with Crippen molar-refractivity contribution in [1.29, 1.82) is 0 Å². The second-order valence-corrected chi connectivity index (χ2v) is 3.67. The number of rotatable bonds is 4. The highest BCUT2D eigenvalue weighted by Gasteiger charge is 2.16. The van der Waals surface area contributed by atoms with Crippen molar-refractivity contribution in [1.82, 2.24) is 15.1 Å². The standard InChI is InChI=1S/C10H17N3O/c1-2-5-13-8-10(7-12-13)14-9-3-4-11-6-9/h7-9,11H,2-6H2,1H3/t9-/m0/s1. The fraction of sp³-hybridized carbons (Fsp3) is 0.700. The van der Waals surface area contributed by atoms with E-state index in [0.717, 1.165) is 38.2 Å². The number of aryl methyl sites for hydroxylation is 1. The first kappa shape index (κ1) is 9.52. The molecular formula is C10H17N3O. The second kappa shape index (κ2) is 4.46. The van der Waals surface area contributed by atoms with Crippen LogP contribution in [0, 0.1) is 0 Å². The molecule has 4 nitrogen and oxygen atoms in total. The van der Waals surface area contributed by atoms with Gasteiger partial charge in [-0.2, -0.15) is 5.10 Å². The molecule has 1 atom stereocenters. The molecule has 0 radical (unpaired) electrons. The van der Waals surface area contributed by atoms with Crippen molar-refractivity contribution in [2.24, 2.45) is 0 Å². The summed E-state index contributed by atoms with van der Waals surface area (Å²) in [6.07, 6.45) is 6.30. The SMILES string of the molecule is CCCn1cc(O[C@H]2CCNC2)cn1. The molecule has 78 valence electrons. The summed E-state index contributed by atoms with van der Waals surface area (Å²) < 4.78 is 7.68. The van der Waals surface area contributed by atoms with Crippen molar-refractivity contribution in [2.45, 2.75) is 32.4 Å². The van der Waals surface area contributed by atoms with Crippen molar-refractivity contribution < 1.29 is 4.74 Å². The van der Waals surface area contributed by atoms with Crippen LogP contribution >= 0.6 is 0 Å². The van der Waals surface area contributed by atoms with Crippen LogP contribution < -0.4 is 10.1 Å². The molecule has 0 aromatic carbocycles. The first-order valence-electron chi connectivity index (χ1n) is 5.28. The van der Waals surface area contributed by atoms with Gasteiger partial charge in [0.25, 0.3) is 0 Å². The number of hydrogen-bond donors (Lipinski definition) is 1. The average molecular weight is 195 g/mol. The van der Waals surface area contributed by atoms with Crippen LogP contribution in [0.5, 0.6) is 5.75 Å². The van der Waals surface area contributed by atoms with Gasteiger partial charge in [0, 0.05) is 13.1 Å². The minimum Gasteiger partial charge on any atom is -0.486 e. The van der Waals surface area contributed by atoms with Gasteiger partial charge in [0.1, 0.15) is 6.10 Å². The molecule has 1 aliphatic heterocycles. The molecule has 2 rings (SSSR count). The van der Waals surface area contributed by atoms with Crippen LogP contribution in [0.2, 0.25) is 0 Å². The number of ether oxygens (including phenoxy) is 1. The fourth-order valence-electron chi connectivity index (χ4n) is 1.68. The minimum atomic E-state index is 0.328. The van der Waals surface area contributed by atoms with Gasteiger partial charge in [0.15, 0.2) is 5.75 Å². The zero-order chi connectivity index (χ0) is 9.80. The quantitative estimate of drug-likeness (QED) is 0.780. The van der Waals surface area contributed by atoms with Crippen molar-refractivity contribution in [3.05, 3.63) is 12.4 Å². The topological polar surface area (TPSA) is 39.1 Å². The predicted molar refractivity (Wildman–Crippen MR) is 54.4 cm³/mol. The van der Waals surface area contributed by atoms with E-state index in [1.807, 2.05) is 10.9 Å². The van der Waals surface area contributed by atoms with Gasteiger partial charge in [0.05, 0.1) is 12.4 Å². The molecule has 4 heteroatoms. The molecule has 0 amide bonds. The molecule has 0 spiro atoms. The van der Waals surface area contributed by atoms with Gasteiger partial charge < -0.3 is 10.1 Å².